The van der Waals surface area contributed by atoms with E-state index in [0.29, 0.717) is 16.8 Å². The Labute approximate surface area is 123 Å². The summed E-state index contributed by atoms with van der Waals surface area (Å²) in [5.41, 5.74) is 7.17. The van der Waals surface area contributed by atoms with Crippen molar-refractivity contribution in [2.24, 2.45) is 0 Å². The number of halogens is 3. The van der Waals surface area contributed by atoms with Crippen molar-refractivity contribution in [2.75, 3.05) is 5.73 Å². The molecule has 0 spiro atoms. The quantitative estimate of drug-likeness (QED) is 0.669. The summed E-state index contributed by atoms with van der Waals surface area (Å²) < 4.78 is 14.1. The summed E-state index contributed by atoms with van der Waals surface area (Å²) in [6.07, 6.45) is 0.0833. The second kappa shape index (κ2) is 5.72. The monoisotopic (exact) mass is 341 g/mol. The molecular formula is C14H10BrClFNO. The summed E-state index contributed by atoms with van der Waals surface area (Å²) in [6, 6.07) is 9.37. The zero-order valence-electron chi connectivity index (χ0n) is 9.79. The van der Waals surface area contributed by atoms with Crippen molar-refractivity contribution in [1.82, 2.24) is 0 Å². The first-order valence-electron chi connectivity index (χ1n) is 5.49. The number of nitrogen functional groups attached to an aromatic ring is 1. The minimum absolute atomic E-state index is 0.0411. The van der Waals surface area contributed by atoms with Crippen molar-refractivity contribution in [2.45, 2.75) is 6.42 Å². The van der Waals surface area contributed by atoms with Gasteiger partial charge in [-0.2, -0.15) is 0 Å². The minimum Gasteiger partial charge on any atom is -0.398 e. The standard InChI is InChI=1S/C14H10BrClFNO/c15-9-2-3-10(13(18)7-9)14(19)6-8-1-4-11(16)12(17)5-8/h1-5,7H,6,18H2. The molecule has 0 saturated heterocycles. The van der Waals surface area contributed by atoms with Crippen LogP contribution in [0.3, 0.4) is 0 Å². The van der Waals surface area contributed by atoms with E-state index < -0.39 is 5.82 Å². The largest absolute Gasteiger partial charge is 0.398 e. The molecule has 0 saturated carbocycles. The highest BCUT2D eigenvalue weighted by Gasteiger charge is 2.12. The third kappa shape index (κ3) is 3.33. The molecular weight excluding hydrogens is 333 g/mol. The van der Waals surface area contributed by atoms with Crippen molar-refractivity contribution in [3.8, 4) is 0 Å². The molecule has 2 aromatic carbocycles. The highest BCUT2D eigenvalue weighted by molar-refractivity contribution is 9.10. The topological polar surface area (TPSA) is 43.1 Å². The molecule has 0 aliphatic rings. The number of nitrogens with two attached hydrogens (primary N) is 1. The predicted octanol–water partition coefficient (Wildman–Crippen LogP) is 4.25. The number of ketones is 1. The van der Waals surface area contributed by atoms with Gasteiger partial charge < -0.3 is 5.73 Å². The van der Waals surface area contributed by atoms with Crippen LogP contribution in [0.2, 0.25) is 5.02 Å². The Kier molecular flexibility index (Phi) is 4.22. The van der Waals surface area contributed by atoms with Gasteiger partial charge in [0.15, 0.2) is 5.78 Å². The first-order valence-corrected chi connectivity index (χ1v) is 6.66. The predicted molar refractivity (Wildman–Crippen MR) is 78.0 cm³/mol. The van der Waals surface area contributed by atoms with E-state index in [9.17, 15) is 9.18 Å². The Morgan fingerprint density at radius 2 is 2.00 bits per heavy atom. The van der Waals surface area contributed by atoms with Gasteiger partial charge in [-0.3, -0.25) is 4.79 Å². The maximum atomic E-state index is 13.3. The highest BCUT2D eigenvalue weighted by Crippen LogP contribution is 2.21. The zero-order chi connectivity index (χ0) is 14.0. The minimum atomic E-state index is -0.532. The number of benzene rings is 2. The smallest absolute Gasteiger partial charge is 0.169 e. The van der Waals surface area contributed by atoms with E-state index in [1.165, 1.54) is 12.1 Å². The average Bonchev–Trinajstić information content (AvgIpc) is 2.33. The third-order valence-electron chi connectivity index (χ3n) is 2.66. The van der Waals surface area contributed by atoms with Gasteiger partial charge in [0.2, 0.25) is 0 Å². The Balaban J connectivity index is 2.23. The second-order valence-electron chi connectivity index (χ2n) is 4.08. The number of rotatable bonds is 3. The molecule has 0 heterocycles. The third-order valence-corrected chi connectivity index (χ3v) is 3.46. The first kappa shape index (κ1) is 14.0. The van der Waals surface area contributed by atoms with Crippen LogP contribution in [0.25, 0.3) is 0 Å². The van der Waals surface area contributed by atoms with E-state index in [2.05, 4.69) is 15.9 Å². The Morgan fingerprint density at radius 3 is 2.63 bits per heavy atom. The average molecular weight is 343 g/mol. The van der Waals surface area contributed by atoms with Gasteiger partial charge in [0.1, 0.15) is 5.82 Å². The van der Waals surface area contributed by atoms with Crippen LogP contribution in [0.15, 0.2) is 40.9 Å². The summed E-state index contributed by atoms with van der Waals surface area (Å²) >= 11 is 8.87. The molecule has 0 aromatic heterocycles. The lowest BCUT2D eigenvalue weighted by molar-refractivity contribution is 0.0994. The van der Waals surface area contributed by atoms with Crippen LogP contribution in [0.1, 0.15) is 15.9 Å². The Morgan fingerprint density at radius 1 is 1.26 bits per heavy atom. The summed E-state index contributed by atoms with van der Waals surface area (Å²) in [5.74, 6) is -0.692. The normalized spacial score (nSPS) is 10.5. The molecule has 2 aromatic rings. The van der Waals surface area contributed by atoms with Gasteiger partial charge in [0.05, 0.1) is 5.02 Å². The molecule has 0 radical (unpaired) electrons. The molecule has 2 N–H and O–H groups in total. The van der Waals surface area contributed by atoms with Gasteiger partial charge in [0, 0.05) is 22.1 Å². The van der Waals surface area contributed by atoms with Gasteiger partial charge in [0.25, 0.3) is 0 Å². The summed E-state index contributed by atoms with van der Waals surface area (Å²) in [5, 5.41) is 0.0411. The SMILES string of the molecule is Nc1cc(Br)ccc1C(=O)Cc1ccc(Cl)c(F)c1. The van der Waals surface area contributed by atoms with Gasteiger partial charge >= 0.3 is 0 Å². The number of carbonyl (C=O) groups excluding carboxylic acids is 1. The number of anilines is 1. The lowest BCUT2D eigenvalue weighted by atomic mass is 10.0. The Hall–Kier alpha value is -1.39. The van der Waals surface area contributed by atoms with Crippen molar-refractivity contribution in [3.05, 3.63) is 62.8 Å². The molecule has 5 heteroatoms. The molecule has 19 heavy (non-hydrogen) atoms. The van der Waals surface area contributed by atoms with Gasteiger partial charge in [-0.25, -0.2) is 4.39 Å². The second-order valence-corrected chi connectivity index (χ2v) is 5.40. The Bertz CT molecular complexity index is 645. The lowest BCUT2D eigenvalue weighted by Gasteiger charge is -2.06. The van der Waals surface area contributed by atoms with Crippen LogP contribution >= 0.6 is 27.5 Å². The molecule has 0 fully saturated rings. The molecule has 0 aliphatic heterocycles. The van der Waals surface area contributed by atoms with Crippen molar-refractivity contribution >= 4 is 39.0 Å². The van der Waals surface area contributed by atoms with Crippen molar-refractivity contribution < 1.29 is 9.18 Å². The summed E-state index contributed by atoms with van der Waals surface area (Å²) in [6.45, 7) is 0. The maximum absolute atomic E-state index is 13.3. The number of carbonyl (C=O) groups is 1. The lowest BCUT2D eigenvalue weighted by Crippen LogP contribution is -2.07. The zero-order valence-corrected chi connectivity index (χ0v) is 12.1. The molecule has 0 bridgehead atoms. The van der Waals surface area contributed by atoms with Crippen LogP contribution in [0.4, 0.5) is 10.1 Å². The van der Waals surface area contributed by atoms with Crippen LogP contribution in [0.5, 0.6) is 0 Å². The van der Waals surface area contributed by atoms with Crippen molar-refractivity contribution in [3.63, 3.8) is 0 Å². The summed E-state index contributed by atoms with van der Waals surface area (Å²) in [7, 11) is 0. The van der Waals surface area contributed by atoms with E-state index >= 15 is 0 Å². The molecule has 0 atom stereocenters. The number of hydrogen-bond donors (Lipinski definition) is 1. The number of hydrogen-bond acceptors (Lipinski definition) is 2. The van der Waals surface area contributed by atoms with Gasteiger partial charge in [-0.05, 0) is 35.9 Å². The maximum Gasteiger partial charge on any atom is 0.169 e. The van der Waals surface area contributed by atoms with E-state index in [-0.39, 0.29) is 17.2 Å². The fourth-order valence-corrected chi connectivity index (χ4v) is 2.21. The highest BCUT2D eigenvalue weighted by atomic mass is 79.9. The fraction of sp³-hybridized carbons (Fsp3) is 0.0714. The van der Waals surface area contributed by atoms with E-state index in [0.717, 1.165) is 4.47 Å². The van der Waals surface area contributed by atoms with Gasteiger partial charge in [-0.15, -0.1) is 0 Å². The summed E-state index contributed by atoms with van der Waals surface area (Å²) in [4.78, 5) is 12.1. The molecule has 98 valence electrons. The number of Topliss-reactive ketones (excluding diaryl/α,β-unsaturated/α-hetero) is 1. The molecule has 0 aliphatic carbocycles. The van der Waals surface area contributed by atoms with Crippen molar-refractivity contribution in [1.29, 1.82) is 0 Å². The van der Waals surface area contributed by atoms with E-state index in [1.54, 1.807) is 24.3 Å². The van der Waals surface area contributed by atoms with E-state index in [1.807, 2.05) is 0 Å². The van der Waals surface area contributed by atoms with Crippen LogP contribution < -0.4 is 5.73 Å². The van der Waals surface area contributed by atoms with E-state index in [4.69, 9.17) is 17.3 Å². The molecule has 0 amide bonds. The fourth-order valence-electron chi connectivity index (χ4n) is 1.72. The van der Waals surface area contributed by atoms with Gasteiger partial charge in [-0.1, -0.05) is 33.6 Å². The first-order chi connectivity index (χ1) is 8.97. The molecule has 0 unspecified atom stereocenters. The van der Waals surface area contributed by atoms with Crippen LogP contribution in [-0.2, 0) is 6.42 Å². The molecule has 2 rings (SSSR count). The molecule has 2 nitrogen and oxygen atoms in total. The van der Waals surface area contributed by atoms with Crippen LogP contribution in [-0.4, -0.2) is 5.78 Å². The van der Waals surface area contributed by atoms with Crippen LogP contribution in [0, 0.1) is 5.82 Å².